The van der Waals surface area contributed by atoms with E-state index >= 15 is 4.39 Å². The van der Waals surface area contributed by atoms with Crippen LogP contribution in [0, 0.1) is 23.6 Å². The van der Waals surface area contributed by atoms with Crippen molar-refractivity contribution in [3.63, 3.8) is 0 Å². The first-order valence-electron chi connectivity index (χ1n) is 11.9. The molecule has 1 aliphatic carbocycles. The van der Waals surface area contributed by atoms with Gasteiger partial charge in [-0.25, -0.2) is 23.5 Å². The molecular weight excluding hydrogens is 467 g/mol. The Morgan fingerprint density at radius 3 is 2.46 bits per heavy atom. The predicted octanol–water partition coefficient (Wildman–Crippen LogP) is 2.85. The largest absolute Gasteiger partial charge is 0.465 e. The van der Waals surface area contributed by atoms with E-state index in [0.717, 1.165) is 25.7 Å². The number of carboxylic acid groups (broad SMARTS) is 1. The lowest BCUT2D eigenvalue weighted by Gasteiger charge is -2.23. The van der Waals surface area contributed by atoms with Crippen LogP contribution in [0.5, 0.6) is 0 Å². The highest BCUT2D eigenvalue weighted by Gasteiger charge is 2.35. The molecule has 1 aliphatic heterocycles. The van der Waals surface area contributed by atoms with Gasteiger partial charge in [-0.1, -0.05) is 32.6 Å². The molecule has 2 amide bonds. The topological polar surface area (TPSA) is 123 Å². The van der Waals surface area contributed by atoms with Crippen LogP contribution in [-0.2, 0) is 4.79 Å². The lowest BCUT2D eigenvalue weighted by Crippen LogP contribution is -2.42. The molecule has 2 fully saturated rings. The van der Waals surface area contributed by atoms with Crippen molar-refractivity contribution in [2.75, 3.05) is 44.1 Å². The minimum Gasteiger partial charge on any atom is -0.465 e. The minimum absolute atomic E-state index is 0.0913. The number of anilines is 2. The third kappa shape index (κ3) is 6.86. The molecule has 2 heterocycles. The van der Waals surface area contributed by atoms with Gasteiger partial charge in [-0.3, -0.25) is 15.6 Å². The summed E-state index contributed by atoms with van der Waals surface area (Å²) in [6, 6.07) is 0.0913. The molecule has 2 aliphatic rings. The van der Waals surface area contributed by atoms with Crippen molar-refractivity contribution in [2.45, 2.75) is 51.5 Å². The zero-order valence-electron chi connectivity index (χ0n) is 20.2. The normalized spacial score (nSPS) is 21.5. The molecule has 1 saturated carbocycles. The fraction of sp³-hybridized carbons (Fsp3) is 0.727. The zero-order valence-corrected chi connectivity index (χ0v) is 20.2. The third-order valence-corrected chi connectivity index (χ3v) is 6.85. The van der Waals surface area contributed by atoms with Crippen LogP contribution in [0.15, 0.2) is 0 Å². The number of hydrogen-bond donors (Lipinski definition) is 4. The van der Waals surface area contributed by atoms with Crippen LogP contribution in [0.2, 0.25) is 0 Å². The standard InChI is InChI=1S/C22H34F3N7O3/c1-12-10-32(11-15(12)31(2)3)20-16(23)18(27-19(28-20)17(24)25)29-30-21(33)14(9-26-22(34)35)8-13-6-4-5-7-13/h12-15,17,26H,4-11H2,1-3H3,(H,30,33)(H,34,35)(H,27,28,29)/t12-,14+,15-/m0/s1. The molecule has 0 radical (unpaired) electrons. The van der Waals surface area contributed by atoms with Crippen LogP contribution in [0.25, 0.3) is 0 Å². The number of carbonyl (C=O) groups is 2. The molecule has 0 spiro atoms. The highest BCUT2D eigenvalue weighted by atomic mass is 19.3. The van der Waals surface area contributed by atoms with Gasteiger partial charge in [0, 0.05) is 25.7 Å². The Balaban J connectivity index is 1.76. The van der Waals surface area contributed by atoms with Crippen LogP contribution in [0.3, 0.4) is 0 Å². The number of aromatic nitrogens is 2. The van der Waals surface area contributed by atoms with Crippen LogP contribution in [-0.4, -0.2) is 71.7 Å². The molecule has 1 aromatic rings. The minimum atomic E-state index is -3.04. The highest BCUT2D eigenvalue weighted by molar-refractivity contribution is 5.80. The summed E-state index contributed by atoms with van der Waals surface area (Å²) in [6.45, 7) is 2.71. The maximum atomic E-state index is 15.3. The quantitative estimate of drug-likeness (QED) is 0.361. The number of nitrogens with zero attached hydrogens (tertiary/aromatic N) is 4. The van der Waals surface area contributed by atoms with Crippen molar-refractivity contribution in [3.8, 4) is 0 Å². The molecule has 0 bridgehead atoms. The van der Waals surface area contributed by atoms with Gasteiger partial charge in [-0.15, -0.1) is 0 Å². The molecule has 0 aromatic carbocycles. The number of carbonyl (C=O) groups excluding carboxylic acids is 1. The zero-order chi connectivity index (χ0) is 25.7. The summed E-state index contributed by atoms with van der Waals surface area (Å²) in [5, 5.41) is 11.2. The Hall–Kier alpha value is -2.83. The number of likely N-dealkylation sites (N-methyl/N-ethyl adjacent to an activating group) is 1. The summed E-state index contributed by atoms with van der Waals surface area (Å²) < 4.78 is 42.3. The SMILES string of the molecule is C[C@H]1CN(c2nc(C(F)F)nc(NNC(=O)[C@@H](CNC(=O)O)CC3CCCC3)c2F)C[C@@H]1N(C)C. The highest BCUT2D eigenvalue weighted by Crippen LogP contribution is 2.32. The molecule has 10 nitrogen and oxygen atoms in total. The Labute approximate surface area is 202 Å². The van der Waals surface area contributed by atoms with E-state index < -0.39 is 41.8 Å². The van der Waals surface area contributed by atoms with Gasteiger partial charge in [0.05, 0.1) is 5.92 Å². The average molecular weight is 502 g/mol. The number of amides is 2. The fourth-order valence-electron chi connectivity index (χ4n) is 5.00. The van der Waals surface area contributed by atoms with Gasteiger partial charge in [-0.05, 0) is 32.4 Å². The van der Waals surface area contributed by atoms with Crippen molar-refractivity contribution in [1.82, 2.24) is 25.6 Å². The van der Waals surface area contributed by atoms with Gasteiger partial charge in [0.2, 0.25) is 11.7 Å². The molecule has 35 heavy (non-hydrogen) atoms. The van der Waals surface area contributed by atoms with E-state index in [9.17, 15) is 18.4 Å². The smallest absolute Gasteiger partial charge is 0.404 e. The lowest BCUT2D eigenvalue weighted by molar-refractivity contribution is -0.124. The first-order chi connectivity index (χ1) is 16.6. The van der Waals surface area contributed by atoms with E-state index in [4.69, 9.17) is 5.11 Å². The third-order valence-electron chi connectivity index (χ3n) is 6.85. The number of alkyl halides is 2. The van der Waals surface area contributed by atoms with E-state index in [1.165, 1.54) is 0 Å². The second-order valence-corrected chi connectivity index (χ2v) is 9.67. The Morgan fingerprint density at radius 2 is 1.89 bits per heavy atom. The Morgan fingerprint density at radius 1 is 1.20 bits per heavy atom. The molecule has 1 saturated heterocycles. The molecule has 1 aromatic heterocycles. The summed E-state index contributed by atoms with van der Waals surface area (Å²) in [6.07, 6.45) is 0.182. The molecule has 3 rings (SSSR count). The first-order valence-corrected chi connectivity index (χ1v) is 11.9. The van der Waals surface area contributed by atoms with E-state index in [1.807, 2.05) is 25.9 Å². The van der Waals surface area contributed by atoms with Gasteiger partial charge in [0.15, 0.2) is 17.5 Å². The monoisotopic (exact) mass is 501 g/mol. The molecular formula is C22H34F3N7O3. The van der Waals surface area contributed by atoms with Crippen molar-refractivity contribution in [3.05, 3.63) is 11.6 Å². The van der Waals surface area contributed by atoms with Crippen LogP contribution in [0.4, 0.5) is 29.6 Å². The summed E-state index contributed by atoms with van der Waals surface area (Å²) in [5.41, 5.74) is 4.67. The second kappa shape index (κ2) is 11.7. The number of nitrogens with one attached hydrogen (secondary N) is 3. The number of halogens is 3. The number of hydrazine groups is 1. The van der Waals surface area contributed by atoms with Gasteiger partial charge in [-0.2, -0.15) is 4.39 Å². The summed E-state index contributed by atoms with van der Waals surface area (Å²) >= 11 is 0. The fourth-order valence-corrected chi connectivity index (χ4v) is 5.00. The van der Waals surface area contributed by atoms with Crippen LogP contribution < -0.4 is 21.1 Å². The van der Waals surface area contributed by atoms with Crippen molar-refractivity contribution >= 4 is 23.6 Å². The Bertz CT molecular complexity index is 899. The second-order valence-electron chi connectivity index (χ2n) is 9.67. The molecule has 0 unspecified atom stereocenters. The van der Waals surface area contributed by atoms with Crippen molar-refractivity contribution < 1.29 is 27.9 Å². The van der Waals surface area contributed by atoms with E-state index in [2.05, 4.69) is 26.1 Å². The number of hydrogen-bond acceptors (Lipinski definition) is 7. The van der Waals surface area contributed by atoms with E-state index in [1.54, 1.807) is 4.90 Å². The van der Waals surface area contributed by atoms with Gasteiger partial charge < -0.3 is 20.2 Å². The maximum Gasteiger partial charge on any atom is 0.404 e. The Kier molecular flexibility index (Phi) is 8.98. The van der Waals surface area contributed by atoms with Crippen molar-refractivity contribution in [1.29, 1.82) is 0 Å². The van der Waals surface area contributed by atoms with Crippen LogP contribution >= 0.6 is 0 Å². The number of rotatable bonds is 10. The van der Waals surface area contributed by atoms with Gasteiger partial charge in [0.25, 0.3) is 6.43 Å². The predicted molar refractivity (Wildman–Crippen MR) is 124 cm³/mol. The molecule has 13 heteroatoms. The average Bonchev–Trinajstić information content (AvgIpc) is 3.44. The maximum absolute atomic E-state index is 15.3. The first kappa shape index (κ1) is 26.8. The van der Waals surface area contributed by atoms with E-state index in [0.29, 0.717) is 19.5 Å². The van der Waals surface area contributed by atoms with E-state index in [-0.39, 0.29) is 30.2 Å². The van der Waals surface area contributed by atoms with Crippen LogP contribution in [0.1, 0.15) is 51.3 Å². The van der Waals surface area contributed by atoms with Crippen molar-refractivity contribution in [2.24, 2.45) is 17.8 Å². The molecule has 3 atom stereocenters. The van der Waals surface area contributed by atoms with Gasteiger partial charge >= 0.3 is 6.09 Å². The summed E-state index contributed by atoms with van der Waals surface area (Å²) in [7, 11) is 3.80. The lowest BCUT2D eigenvalue weighted by atomic mass is 9.92. The summed E-state index contributed by atoms with van der Waals surface area (Å²) in [5.74, 6) is -3.46. The summed E-state index contributed by atoms with van der Waals surface area (Å²) in [4.78, 5) is 34.7. The van der Waals surface area contributed by atoms with Gasteiger partial charge in [0.1, 0.15) is 0 Å². The molecule has 4 N–H and O–H groups in total. The molecule has 196 valence electrons.